The lowest BCUT2D eigenvalue weighted by atomic mass is 10.1. The Morgan fingerprint density at radius 3 is 2.67 bits per heavy atom. The lowest BCUT2D eigenvalue weighted by Gasteiger charge is -2.20. The first-order chi connectivity index (χ1) is 10.0. The Labute approximate surface area is 133 Å². The molecule has 0 saturated carbocycles. The molecule has 0 aromatic heterocycles. The molecule has 0 aliphatic carbocycles. The maximum absolute atomic E-state index is 7.50. The van der Waals surface area contributed by atoms with E-state index in [2.05, 4.69) is 26.9 Å². The summed E-state index contributed by atoms with van der Waals surface area (Å²) in [5.74, 6) is 0.915. The molecule has 2 rings (SSSR count). The molecule has 0 aliphatic heterocycles. The fourth-order valence-electron chi connectivity index (χ4n) is 2.10. The van der Waals surface area contributed by atoms with Gasteiger partial charge in [0.05, 0.1) is 7.11 Å². The van der Waals surface area contributed by atoms with E-state index in [9.17, 15) is 0 Å². The molecular weight excluding hydrogens is 330 g/mol. The Kier molecular flexibility index (Phi) is 4.85. The molecule has 0 unspecified atom stereocenters. The van der Waals surface area contributed by atoms with Crippen molar-refractivity contribution in [1.29, 1.82) is 5.41 Å². The van der Waals surface area contributed by atoms with Crippen molar-refractivity contribution < 1.29 is 4.74 Å². The van der Waals surface area contributed by atoms with E-state index in [1.54, 1.807) is 7.11 Å². The van der Waals surface area contributed by atoms with Gasteiger partial charge >= 0.3 is 0 Å². The van der Waals surface area contributed by atoms with Gasteiger partial charge in [-0.3, -0.25) is 5.41 Å². The van der Waals surface area contributed by atoms with Gasteiger partial charge in [0.15, 0.2) is 0 Å². The quantitative estimate of drug-likeness (QED) is 0.643. The molecule has 0 bridgehead atoms. The number of amidine groups is 1. The summed E-state index contributed by atoms with van der Waals surface area (Å²) in [6, 6.07) is 13.8. The maximum atomic E-state index is 7.50. The van der Waals surface area contributed by atoms with Crippen LogP contribution in [0, 0.1) is 5.41 Å². The number of nitrogen functional groups attached to an aromatic ring is 1. The Balaban J connectivity index is 2.18. The van der Waals surface area contributed by atoms with Crippen molar-refractivity contribution in [2.75, 3.05) is 19.1 Å². The summed E-state index contributed by atoms with van der Waals surface area (Å²) in [7, 11) is 3.69. The van der Waals surface area contributed by atoms with Crippen molar-refractivity contribution in [3.8, 4) is 5.75 Å². The number of nitrogens with one attached hydrogen (secondary N) is 1. The molecule has 21 heavy (non-hydrogen) atoms. The van der Waals surface area contributed by atoms with Crippen LogP contribution in [0.3, 0.4) is 0 Å². The molecule has 0 heterocycles. The van der Waals surface area contributed by atoms with Crippen LogP contribution < -0.4 is 15.4 Å². The highest BCUT2D eigenvalue weighted by atomic mass is 79.9. The van der Waals surface area contributed by atoms with Gasteiger partial charge in [-0.2, -0.15) is 0 Å². The van der Waals surface area contributed by atoms with Crippen LogP contribution in [-0.2, 0) is 6.54 Å². The van der Waals surface area contributed by atoms with Crippen molar-refractivity contribution in [1.82, 2.24) is 0 Å². The normalized spacial score (nSPS) is 10.2. The molecule has 4 nitrogen and oxygen atoms in total. The first-order valence-electron chi connectivity index (χ1n) is 6.49. The van der Waals surface area contributed by atoms with E-state index in [-0.39, 0.29) is 5.84 Å². The van der Waals surface area contributed by atoms with Gasteiger partial charge in [0.2, 0.25) is 0 Å². The lowest BCUT2D eigenvalue weighted by Crippen LogP contribution is -2.17. The van der Waals surface area contributed by atoms with Gasteiger partial charge in [-0.05, 0) is 51.8 Å². The van der Waals surface area contributed by atoms with Gasteiger partial charge in [-0.1, -0.05) is 12.1 Å². The average Bonchev–Trinajstić information content (AvgIpc) is 2.46. The van der Waals surface area contributed by atoms with Crippen molar-refractivity contribution in [3.05, 3.63) is 58.1 Å². The van der Waals surface area contributed by atoms with Crippen LogP contribution in [-0.4, -0.2) is 20.0 Å². The van der Waals surface area contributed by atoms with E-state index in [1.807, 2.05) is 43.4 Å². The third-order valence-electron chi connectivity index (χ3n) is 3.24. The highest BCUT2D eigenvalue weighted by Gasteiger charge is 2.08. The van der Waals surface area contributed by atoms with Gasteiger partial charge < -0.3 is 15.4 Å². The highest BCUT2D eigenvalue weighted by Crippen LogP contribution is 2.25. The van der Waals surface area contributed by atoms with E-state index >= 15 is 0 Å². The van der Waals surface area contributed by atoms with Gasteiger partial charge in [-0.15, -0.1) is 0 Å². The molecule has 5 heteroatoms. The van der Waals surface area contributed by atoms with Crippen LogP contribution in [0.1, 0.15) is 11.1 Å². The molecule has 0 fully saturated rings. The van der Waals surface area contributed by atoms with Crippen LogP contribution in [0.15, 0.2) is 46.9 Å². The predicted octanol–water partition coefficient (Wildman–Crippen LogP) is 3.38. The van der Waals surface area contributed by atoms with Gasteiger partial charge in [0, 0.05) is 29.3 Å². The molecular formula is C16H18BrN3O. The second kappa shape index (κ2) is 6.63. The summed E-state index contributed by atoms with van der Waals surface area (Å²) in [6.45, 7) is 0.767. The minimum atomic E-state index is 0.0591. The number of benzene rings is 2. The van der Waals surface area contributed by atoms with Crippen LogP contribution >= 0.6 is 15.9 Å². The summed E-state index contributed by atoms with van der Waals surface area (Å²) in [4.78, 5) is 2.13. The number of hydrogen-bond donors (Lipinski definition) is 2. The van der Waals surface area contributed by atoms with Crippen molar-refractivity contribution in [2.24, 2.45) is 5.73 Å². The smallest absolute Gasteiger partial charge is 0.123 e. The SMILES string of the molecule is COc1cccc(CN(C)c2ccc(C(=N)N)c(Br)c2)c1. The summed E-state index contributed by atoms with van der Waals surface area (Å²) in [6.07, 6.45) is 0. The van der Waals surface area contributed by atoms with E-state index in [1.165, 1.54) is 5.56 Å². The fourth-order valence-corrected chi connectivity index (χ4v) is 2.68. The molecule has 2 aromatic carbocycles. The Bertz CT molecular complexity index is 658. The number of anilines is 1. The third kappa shape index (κ3) is 3.76. The number of rotatable bonds is 5. The number of ether oxygens (including phenoxy) is 1. The van der Waals surface area contributed by atoms with Crippen molar-refractivity contribution >= 4 is 27.5 Å². The second-order valence-electron chi connectivity index (χ2n) is 4.79. The average molecular weight is 348 g/mol. The van der Waals surface area contributed by atoms with Crippen molar-refractivity contribution in [2.45, 2.75) is 6.54 Å². The van der Waals surface area contributed by atoms with Gasteiger partial charge in [0.1, 0.15) is 11.6 Å². The number of nitrogens with two attached hydrogens (primary N) is 1. The highest BCUT2D eigenvalue weighted by molar-refractivity contribution is 9.10. The largest absolute Gasteiger partial charge is 0.497 e. The number of nitrogens with zero attached hydrogens (tertiary/aromatic N) is 1. The topological polar surface area (TPSA) is 62.3 Å². The van der Waals surface area contributed by atoms with Crippen LogP contribution in [0.25, 0.3) is 0 Å². The Morgan fingerprint density at radius 2 is 2.05 bits per heavy atom. The zero-order chi connectivity index (χ0) is 15.4. The third-order valence-corrected chi connectivity index (χ3v) is 3.89. The fraction of sp³-hybridized carbons (Fsp3) is 0.188. The van der Waals surface area contributed by atoms with E-state index in [4.69, 9.17) is 15.9 Å². The second-order valence-corrected chi connectivity index (χ2v) is 5.64. The summed E-state index contributed by atoms with van der Waals surface area (Å²) in [5, 5.41) is 7.50. The zero-order valence-corrected chi connectivity index (χ0v) is 13.6. The minimum Gasteiger partial charge on any atom is -0.497 e. The molecule has 0 saturated heterocycles. The molecule has 0 spiro atoms. The van der Waals surface area contributed by atoms with Crippen molar-refractivity contribution in [3.63, 3.8) is 0 Å². The first-order valence-corrected chi connectivity index (χ1v) is 7.28. The number of halogens is 1. The number of methoxy groups -OCH3 is 1. The molecule has 0 atom stereocenters. The standard InChI is InChI=1S/C16H18BrN3O/c1-20(10-11-4-3-5-13(8-11)21-2)12-6-7-14(16(18)19)15(17)9-12/h3-9H,10H2,1-2H3,(H3,18,19). The molecule has 110 valence electrons. The van der Waals surface area contributed by atoms with Crippen LogP contribution in [0.4, 0.5) is 5.69 Å². The van der Waals surface area contributed by atoms with Crippen LogP contribution in [0.5, 0.6) is 5.75 Å². The minimum absolute atomic E-state index is 0.0591. The molecule has 0 aliphatic rings. The van der Waals surface area contributed by atoms with Crippen LogP contribution in [0.2, 0.25) is 0 Å². The monoisotopic (exact) mass is 347 g/mol. The van der Waals surface area contributed by atoms with Gasteiger partial charge in [-0.25, -0.2) is 0 Å². The summed E-state index contributed by atoms with van der Waals surface area (Å²) >= 11 is 3.46. The molecule has 2 aromatic rings. The van der Waals surface area contributed by atoms with E-state index in [0.717, 1.165) is 22.5 Å². The summed E-state index contributed by atoms with van der Waals surface area (Å²) < 4.78 is 6.06. The Morgan fingerprint density at radius 1 is 1.29 bits per heavy atom. The maximum Gasteiger partial charge on any atom is 0.123 e. The zero-order valence-electron chi connectivity index (χ0n) is 12.1. The molecule has 3 N–H and O–H groups in total. The van der Waals surface area contributed by atoms with Gasteiger partial charge in [0.25, 0.3) is 0 Å². The first kappa shape index (κ1) is 15.4. The molecule has 0 amide bonds. The van der Waals surface area contributed by atoms with E-state index in [0.29, 0.717) is 5.56 Å². The Hall–Kier alpha value is -2.01. The predicted molar refractivity (Wildman–Crippen MR) is 90.3 cm³/mol. The summed E-state index contributed by atoms with van der Waals surface area (Å²) in [5.41, 5.74) is 8.45. The molecule has 0 radical (unpaired) electrons. The number of hydrogen-bond acceptors (Lipinski definition) is 3. The van der Waals surface area contributed by atoms with E-state index < -0.39 is 0 Å². The lowest BCUT2D eigenvalue weighted by molar-refractivity contribution is 0.414.